The average Bonchev–Trinajstić information content (AvgIpc) is 2.33. The van der Waals surface area contributed by atoms with Crippen molar-refractivity contribution in [2.45, 2.75) is 0 Å². The van der Waals surface area contributed by atoms with Crippen molar-refractivity contribution in [1.82, 2.24) is 0 Å². The monoisotopic (exact) mass is 255 g/mol. The van der Waals surface area contributed by atoms with Crippen LogP contribution in [0.1, 0.15) is 5.56 Å². The van der Waals surface area contributed by atoms with E-state index in [2.05, 4.69) is 0 Å². The number of carboxylic acids is 1. The molecule has 6 nitrogen and oxygen atoms in total. The number of nitrogens with zero attached hydrogens (tertiary/aromatic N) is 1. The maximum Gasteiger partial charge on any atom is 0.328 e. The quantitative estimate of drug-likeness (QED) is 0.477. The molecule has 0 aromatic heterocycles. The van der Waals surface area contributed by atoms with E-state index in [0.717, 1.165) is 6.08 Å². The third-order valence-electron chi connectivity index (χ3n) is 1.93. The summed E-state index contributed by atoms with van der Waals surface area (Å²) < 4.78 is 16.9. The van der Waals surface area contributed by atoms with Crippen molar-refractivity contribution < 1.29 is 24.0 Å². The first-order chi connectivity index (χ1) is 8.54. The number of hydrogen-bond donors (Lipinski definition) is 1. The number of carboxylic acid groups (broad SMARTS) is 1. The molecule has 96 valence electrons. The number of nitro groups is 1. The maximum absolute atomic E-state index is 12.0. The van der Waals surface area contributed by atoms with E-state index in [4.69, 9.17) is 9.84 Å². The van der Waals surface area contributed by atoms with Gasteiger partial charge in [0.2, 0.25) is 0 Å². The molecule has 0 aliphatic carbocycles. The van der Waals surface area contributed by atoms with E-state index in [9.17, 15) is 19.3 Å². The van der Waals surface area contributed by atoms with Crippen LogP contribution in [-0.2, 0) is 4.79 Å². The number of aliphatic carboxylic acids is 1. The Morgan fingerprint density at radius 1 is 1.56 bits per heavy atom. The van der Waals surface area contributed by atoms with E-state index in [1.54, 1.807) is 0 Å². The van der Waals surface area contributed by atoms with Crippen molar-refractivity contribution in [2.75, 3.05) is 13.3 Å². The van der Waals surface area contributed by atoms with Crippen LogP contribution in [0.3, 0.4) is 0 Å². The van der Waals surface area contributed by atoms with Crippen LogP contribution in [0.4, 0.5) is 10.1 Å². The lowest BCUT2D eigenvalue weighted by Gasteiger charge is -2.05. The van der Waals surface area contributed by atoms with Gasteiger partial charge in [-0.2, -0.15) is 0 Å². The van der Waals surface area contributed by atoms with Gasteiger partial charge in [0, 0.05) is 12.1 Å². The molecule has 0 aliphatic rings. The summed E-state index contributed by atoms with van der Waals surface area (Å²) in [6.07, 6.45) is 2.15. The number of benzene rings is 1. The van der Waals surface area contributed by atoms with Gasteiger partial charge >= 0.3 is 11.7 Å². The van der Waals surface area contributed by atoms with Gasteiger partial charge in [-0.15, -0.1) is 0 Å². The van der Waals surface area contributed by atoms with E-state index >= 15 is 0 Å². The molecule has 0 radical (unpaired) electrons. The Morgan fingerprint density at radius 3 is 2.83 bits per heavy atom. The minimum atomic E-state index is -1.14. The van der Waals surface area contributed by atoms with Crippen LogP contribution in [0, 0.1) is 10.1 Å². The van der Waals surface area contributed by atoms with Gasteiger partial charge in [0.25, 0.3) is 0 Å². The predicted octanol–water partition coefficient (Wildman–Crippen LogP) is 2.04. The Hall–Kier alpha value is -2.44. The summed E-state index contributed by atoms with van der Waals surface area (Å²) in [5.74, 6) is -1.23. The molecule has 0 unspecified atom stereocenters. The molecule has 0 atom stereocenters. The Bertz CT molecular complexity index is 486. The normalized spacial score (nSPS) is 10.5. The smallest absolute Gasteiger partial charge is 0.328 e. The van der Waals surface area contributed by atoms with Crippen LogP contribution in [0.2, 0.25) is 0 Å². The van der Waals surface area contributed by atoms with Crippen LogP contribution in [-0.4, -0.2) is 29.3 Å². The van der Waals surface area contributed by atoms with Gasteiger partial charge < -0.3 is 9.84 Å². The number of rotatable bonds is 6. The summed E-state index contributed by atoms with van der Waals surface area (Å²) in [6, 6.07) is 3.84. The number of ether oxygens (including phenoxy) is 1. The van der Waals surface area contributed by atoms with Crippen molar-refractivity contribution in [3.63, 3.8) is 0 Å². The Kier molecular flexibility index (Phi) is 4.79. The fraction of sp³-hybridized carbons (Fsp3) is 0.182. The molecule has 0 heterocycles. The Balaban J connectivity index is 3.04. The lowest BCUT2D eigenvalue weighted by atomic mass is 10.2. The molecule has 7 heteroatoms. The summed E-state index contributed by atoms with van der Waals surface area (Å²) in [6.45, 7) is -1.07. The highest BCUT2D eigenvalue weighted by Gasteiger charge is 2.14. The van der Waals surface area contributed by atoms with E-state index in [1.165, 1.54) is 24.3 Å². The highest BCUT2D eigenvalue weighted by atomic mass is 19.1. The van der Waals surface area contributed by atoms with E-state index in [1.807, 2.05) is 0 Å². The molecule has 1 N–H and O–H groups in total. The standard InChI is InChI=1S/C11H10FNO5/c12-5-6-18-10-7-8(2-4-11(14)15)1-3-9(10)13(16)17/h1-4,7H,5-6H2,(H,14,15)/b4-2+. The first-order valence-electron chi connectivity index (χ1n) is 4.93. The first-order valence-corrected chi connectivity index (χ1v) is 4.93. The fourth-order valence-corrected chi connectivity index (χ4v) is 1.22. The highest BCUT2D eigenvalue weighted by Crippen LogP contribution is 2.28. The summed E-state index contributed by atoms with van der Waals surface area (Å²) in [4.78, 5) is 20.4. The molecule has 0 aliphatic heterocycles. The van der Waals surface area contributed by atoms with Crippen LogP contribution < -0.4 is 4.74 Å². The molecule has 0 amide bonds. The molecular weight excluding hydrogens is 245 g/mol. The van der Waals surface area contributed by atoms with Crippen LogP contribution in [0.25, 0.3) is 6.08 Å². The van der Waals surface area contributed by atoms with Crippen LogP contribution in [0.5, 0.6) is 5.75 Å². The molecule has 1 rings (SSSR count). The molecule has 18 heavy (non-hydrogen) atoms. The molecule has 0 fully saturated rings. The summed E-state index contributed by atoms with van der Waals surface area (Å²) in [5.41, 5.74) is 0.118. The maximum atomic E-state index is 12.0. The van der Waals surface area contributed by atoms with Crippen LogP contribution >= 0.6 is 0 Å². The highest BCUT2D eigenvalue weighted by molar-refractivity contribution is 5.85. The molecule has 1 aromatic carbocycles. The second-order valence-electron chi connectivity index (χ2n) is 3.19. The van der Waals surface area contributed by atoms with E-state index in [-0.39, 0.29) is 18.0 Å². The van der Waals surface area contributed by atoms with Crippen molar-refractivity contribution in [1.29, 1.82) is 0 Å². The van der Waals surface area contributed by atoms with Gasteiger partial charge in [0.1, 0.15) is 13.3 Å². The number of hydrogen-bond acceptors (Lipinski definition) is 4. The Labute approximate surface area is 101 Å². The van der Waals surface area contributed by atoms with Crippen molar-refractivity contribution >= 4 is 17.7 Å². The number of alkyl halides is 1. The molecule has 1 aromatic rings. The predicted molar refractivity (Wildman–Crippen MR) is 61.2 cm³/mol. The van der Waals surface area contributed by atoms with Crippen molar-refractivity contribution in [3.05, 3.63) is 40.0 Å². The second-order valence-corrected chi connectivity index (χ2v) is 3.19. The fourth-order valence-electron chi connectivity index (χ4n) is 1.22. The van der Waals surface area contributed by atoms with Crippen molar-refractivity contribution in [2.24, 2.45) is 0 Å². The topological polar surface area (TPSA) is 89.7 Å². The SMILES string of the molecule is O=C(O)/C=C/c1ccc([N+](=O)[O-])c(OCCF)c1. The zero-order valence-electron chi connectivity index (χ0n) is 9.21. The lowest BCUT2D eigenvalue weighted by Crippen LogP contribution is -2.02. The number of halogens is 1. The largest absolute Gasteiger partial charge is 0.484 e. The van der Waals surface area contributed by atoms with Gasteiger partial charge in [0.15, 0.2) is 5.75 Å². The minimum absolute atomic E-state index is 0.0924. The summed E-state index contributed by atoms with van der Waals surface area (Å²) >= 11 is 0. The second kappa shape index (κ2) is 6.33. The third kappa shape index (κ3) is 3.85. The van der Waals surface area contributed by atoms with Crippen molar-refractivity contribution in [3.8, 4) is 5.75 Å². The lowest BCUT2D eigenvalue weighted by molar-refractivity contribution is -0.385. The van der Waals surface area contributed by atoms with Gasteiger partial charge in [-0.3, -0.25) is 10.1 Å². The van der Waals surface area contributed by atoms with E-state index in [0.29, 0.717) is 5.56 Å². The average molecular weight is 255 g/mol. The molecular formula is C11H10FNO5. The molecule has 0 saturated heterocycles. The third-order valence-corrected chi connectivity index (χ3v) is 1.93. The van der Waals surface area contributed by atoms with Crippen LogP contribution in [0.15, 0.2) is 24.3 Å². The summed E-state index contributed by atoms with van der Waals surface area (Å²) in [7, 11) is 0. The van der Waals surface area contributed by atoms with Gasteiger partial charge in [0.05, 0.1) is 4.92 Å². The minimum Gasteiger partial charge on any atom is -0.484 e. The molecule has 0 spiro atoms. The first kappa shape index (κ1) is 13.6. The van der Waals surface area contributed by atoms with Gasteiger partial charge in [-0.05, 0) is 23.8 Å². The van der Waals surface area contributed by atoms with E-state index < -0.39 is 17.6 Å². The molecule has 0 saturated carbocycles. The Morgan fingerprint density at radius 2 is 2.28 bits per heavy atom. The van der Waals surface area contributed by atoms with Gasteiger partial charge in [-0.1, -0.05) is 0 Å². The zero-order valence-corrected chi connectivity index (χ0v) is 9.21. The van der Waals surface area contributed by atoms with Gasteiger partial charge in [-0.25, -0.2) is 9.18 Å². The summed E-state index contributed by atoms with van der Waals surface area (Å²) in [5, 5.41) is 19.1. The molecule has 0 bridgehead atoms. The zero-order chi connectivity index (χ0) is 13.5. The number of carbonyl (C=O) groups is 1. The number of nitro benzene ring substituents is 1.